The van der Waals surface area contributed by atoms with Crippen LogP contribution in [0.5, 0.6) is 5.75 Å². The number of ether oxygens (including phenoxy) is 1. The first-order valence-corrected chi connectivity index (χ1v) is 7.16. The second-order valence-electron chi connectivity index (χ2n) is 4.88. The molecule has 0 atom stereocenters. The molecule has 2 aromatic carbocycles. The Bertz CT molecular complexity index is 652. The van der Waals surface area contributed by atoms with Gasteiger partial charge in [0.2, 0.25) is 0 Å². The van der Waals surface area contributed by atoms with E-state index in [4.69, 9.17) is 4.74 Å². The average Bonchev–Trinajstić information content (AvgIpc) is 2.57. The van der Waals surface area contributed by atoms with Crippen LogP contribution in [0.1, 0.15) is 12.0 Å². The van der Waals surface area contributed by atoms with Crippen LogP contribution in [-0.2, 0) is 0 Å². The van der Waals surface area contributed by atoms with Gasteiger partial charge in [-0.2, -0.15) is 0 Å². The summed E-state index contributed by atoms with van der Waals surface area (Å²) in [5, 5.41) is 6.81. The quantitative estimate of drug-likeness (QED) is 0.904. The topological polar surface area (TPSA) is 45.6 Å². The fourth-order valence-corrected chi connectivity index (χ4v) is 2.40. The molecule has 0 fully saturated rings. The van der Waals surface area contributed by atoms with Crippen molar-refractivity contribution in [2.24, 2.45) is 4.99 Å². The molecular weight excluding hydrogens is 262 g/mol. The van der Waals surface area contributed by atoms with Crippen LogP contribution in [0.2, 0.25) is 0 Å². The first-order valence-electron chi connectivity index (χ1n) is 7.16. The SMILES string of the molecule is COc1ccccc1Nc1ccccc1C1=NCCCN1. The monoisotopic (exact) mass is 281 g/mol. The molecule has 0 radical (unpaired) electrons. The highest BCUT2D eigenvalue weighted by Gasteiger charge is 2.12. The van der Waals surface area contributed by atoms with E-state index in [0.29, 0.717) is 0 Å². The van der Waals surface area contributed by atoms with Gasteiger partial charge in [0.15, 0.2) is 0 Å². The van der Waals surface area contributed by atoms with Crippen molar-refractivity contribution in [1.82, 2.24) is 5.32 Å². The van der Waals surface area contributed by atoms with Gasteiger partial charge < -0.3 is 15.4 Å². The van der Waals surface area contributed by atoms with Gasteiger partial charge in [-0.1, -0.05) is 24.3 Å². The van der Waals surface area contributed by atoms with Crippen LogP contribution in [0.3, 0.4) is 0 Å². The molecule has 2 N–H and O–H groups in total. The minimum atomic E-state index is 0.825. The second-order valence-corrected chi connectivity index (χ2v) is 4.88. The van der Waals surface area contributed by atoms with Crippen LogP contribution < -0.4 is 15.4 Å². The number of para-hydroxylation sites is 3. The lowest BCUT2D eigenvalue weighted by atomic mass is 10.1. The Balaban J connectivity index is 1.94. The lowest BCUT2D eigenvalue weighted by Gasteiger charge is -2.19. The molecule has 1 aliphatic rings. The van der Waals surface area contributed by atoms with Gasteiger partial charge in [0, 0.05) is 24.3 Å². The lowest BCUT2D eigenvalue weighted by Crippen LogP contribution is -2.30. The van der Waals surface area contributed by atoms with Gasteiger partial charge >= 0.3 is 0 Å². The molecule has 0 amide bonds. The van der Waals surface area contributed by atoms with E-state index in [2.05, 4.69) is 27.8 Å². The zero-order valence-corrected chi connectivity index (χ0v) is 12.1. The molecule has 3 rings (SSSR count). The smallest absolute Gasteiger partial charge is 0.142 e. The maximum Gasteiger partial charge on any atom is 0.142 e. The number of aliphatic imine (C=N–C) groups is 1. The van der Waals surface area contributed by atoms with Crippen LogP contribution in [-0.4, -0.2) is 26.0 Å². The largest absolute Gasteiger partial charge is 0.495 e. The summed E-state index contributed by atoms with van der Waals surface area (Å²) in [5.74, 6) is 1.78. The Morgan fingerprint density at radius 2 is 1.81 bits per heavy atom. The molecule has 0 saturated carbocycles. The first-order chi connectivity index (χ1) is 10.4. The first kappa shape index (κ1) is 13.5. The number of rotatable bonds is 4. The molecule has 4 nitrogen and oxygen atoms in total. The van der Waals surface area contributed by atoms with E-state index in [1.807, 2.05) is 36.4 Å². The van der Waals surface area contributed by atoms with Crippen molar-refractivity contribution in [1.29, 1.82) is 0 Å². The maximum atomic E-state index is 5.39. The summed E-state index contributed by atoms with van der Waals surface area (Å²) in [4.78, 5) is 4.58. The third kappa shape index (κ3) is 2.99. The molecular formula is C17H19N3O. The van der Waals surface area contributed by atoms with Gasteiger partial charge in [-0.15, -0.1) is 0 Å². The number of nitrogens with zero attached hydrogens (tertiary/aromatic N) is 1. The molecule has 0 aromatic heterocycles. The number of benzene rings is 2. The Labute approximate surface area is 124 Å². The van der Waals surface area contributed by atoms with Crippen molar-refractivity contribution in [3.8, 4) is 5.75 Å². The maximum absolute atomic E-state index is 5.39. The third-order valence-corrected chi connectivity index (χ3v) is 3.46. The highest BCUT2D eigenvalue weighted by Crippen LogP contribution is 2.28. The van der Waals surface area contributed by atoms with Crippen LogP contribution in [0.25, 0.3) is 0 Å². The molecule has 2 aromatic rings. The standard InChI is InChI=1S/C17H19N3O/c1-21-16-10-5-4-9-15(16)20-14-8-3-2-7-13(14)17-18-11-6-12-19-17/h2-5,7-10,20H,6,11-12H2,1H3,(H,18,19). The Morgan fingerprint density at radius 3 is 2.57 bits per heavy atom. The van der Waals surface area contributed by atoms with E-state index in [-0.39, 0.29) is 0 Å². The van der Waals surface area contributed by atoms with E-state index in [9.17, 15) is 0 Å². The number of amidine groups is 1. The van der Waals surface area contributed by atoms with Crippen molar-refractivity contribution in [3.63, 3.8) is 0 Å². The van der Waals surface area contributed by atoms with Crippen LogP contribution in [0, 0.1) is 0 Å². The fourth-order valence-electron chi connectivity index (χ4n) is 2.40. The van der Waals surface area contributed by atoms with E-state index in [1.54, 1.807) is 7.11 Å². The normalized spacial score (nSPS) is 14.0. The van der Waals surface area contributed by atoms with E-state index in [0.717, 1.165) is 48.0 Å². The van der Waals surface area contributed by atoms with Crippen molar-refractivity contribution in [2.45, 2.75) is 6.42 Å². The van der Waals surface area contributed by atoms with Gasteiger partial charge in [-0.25, -0.2) is 0 Å². The number of nitrogens with one attached hydrogen (secondary N) is 2. The summed E-state index contributed by atoms with van der Waals surface area (Å²) < 4.78 is 5.39. The molecule has 1 heterocycles. The third-order valence-electron chi connectivity index (χ3n) is 3.46. The highest BCUT2D eigenvalue weighted by atomic mass is 16.5. The minimum Gasteiger partial charge on any atom is -0.495 e. The Morgan fingerprint density at radius 1 is 1.05 bits per heavy atom. The summed E-state index contributed by atoms with van der Waals surface area (Å²) >= 11 is 0. The molecule has 21 heavy (non-hydrogen) atoms. The number of methoxy groups -OCH3 is 1. The molecule has 108 valence electrons. The van der Waals surface area contributed by atoms with Crippen molar-refractivity contribution in [3.05, 3.63) is 54.1 Å². The zero-order valence-electron chi connectivity index (χ0n) is 12.1. The summed E-state index contributed by atoms with van der Waals surface area (Å²) in [7, 11) is 1.68. The average molecular weight is 281 g/mol. The van der Waals surface area contributed by atoms with E-state index < -0.39 is 0 Å². The molecule has 4 heteroatoms. The summed E-state index contributed by atoms with van der Waals surface area (Å²) in [5.41, 5.74) is 3.06. The van der Waals surface area contributed by atoms with E-state index in [1.165, 1.54) is 0 Å². The van der Waals surface area contributed by atoms with Crippen LogP contribution >= 0.6 is 0 Å². The number of hydrogen-bond donors (Lipinski definition) is 2. The molecule has 0 aliphatic carbocycles. The van der Waals surface area contributed by atoms with Crippen LogP contribution in [0.4, 0.5) is 11.4 Å². The van der Waals surface area contributed by atoms with Crippen molar-refractivity contribution >= 4 is 17.2 Å². The molecule has 1 aliphatic heterocycles. The Kier molecular flexibility index (Phi) is 4.05. The van der Waals surface area contributed by atoms with E-state index >= 15 is 0 Å². The molecule has 0 saturated heterocycles. The Hall–Kier alpha value is -2.49. The number of hydrogen-bond acceptors (Lipinski definition) is 4. The van der Waals surface area contributed by atoms with Crippen molar-refractivity contribution in [2.75, 3.05) is 25.5 Å². The predicted octanol–water partition coefficient (Wildman–Crippen LogP) is 3.18. The summed E-state index contributed by atoms with van der Waals surface area (Å²) in [6.45, 7) is 1.85. The predicted molar refractivity (Wildman–Crippen MR) is 86.7 cm³/mol. The summed E-state index contributed by atoms with van der Waals surface area (Å²) in [6.07, 6.45) is 1.09. The van der Waals surface area contributed by atoms with Gasteiger partial charge in [0.1, 0.15) is 11.6 Å². The van der Waals surface area contributed by atoms with Gasteiger partial charge in [0.25, 0.3) is 0 Å². The van der Waals surface area contributed by atoms with Gasteiger partial charge in [-0.3, -0.25) is 4.99 Å². The van der Waals surface area contributed by atoms with Crippen molar-refractivity contribution < 1.29 is 4.74 Å². The summed E-state index contributed by atoms with van der Waals surface area (Å²) in [6, 6.07) is 16.1. The van der Waals surface area contributed by atoms with Crippen LogP contribution in [0.15, 0.2) is 53.5 Å². The molecule has 0 spiro atoms. The molecule has 0 unspecified atom stereocenters. The highest BCUT2D eigenvalue weighted by molar-refractivity contribution is 6.04. The number of anilines is 2. The van der Waals surface area contributed by atoms with Gasteiger partial charge in [-0.05, 0) is 30.7 Å². The molecule has 0 bridgehead atoms. The minimum absolute atomic E-state index is 0.825. The van der Waals surface area contributed by atoms with Gasteiger partial charge in [0.05, 0.1) is 12.8 Å². The lowest BCUT2D eigenvalue weighted by molar-refractivity contribution is 0.417. The second kappa shape index (κ2) is 6.31. The fraction of sp³-hybridized carbons (Fsp3) is 0.235. The zero-order chi connectivity index (χ0) is 14.5.